The molecular weight excluding hydrogens is 272 g/mol. The summed E-state index contributed by atoms with van der Waals surface area (Å²) in [5, 5.41) is 10.6. The predicted octanol–water partition coefficient (Wildman–Crippen LogP) is 1.48. The van der Waals surface area contributed by atoms with Gasteiger partial charge in [0.25, 0.3) is 5.91 Å². The Kier molecular flexibility index (Phi) is 4.23. The zero-order chi connectivity index (χ0) is 13.1. The Morgan fingerprint density at radius 3 is 3.00 bits per heavy atom. The van der Waals surface area contributed by atoms with E-state index in [-0.39, 0.29) is 18.4 Å². The van der Waals surface area contributed by atoms with Crippen LogP contribution in [0.3, 0.4) is 0 Å². The molecule has 1 N–H and O–H groups in total. The molecule has 98 valence electrons. The number of rotatable bonds is 3. The molecule has 2 rings (SSSR count). The summed E-state index contributed by atoms with van der Waals surface area (Å²) in [7, 11) is 0. The fourth-order valence-electron chi connectivity index (χ4n) is 1.95. The van der Waals surface area contributed by atoms with Crippen LogP contribution in [0.15, 0.2) is 5.38 Å². The van der Waals surface area contributed by atoms with Crippen molar-refractivity contribution in [3.8, 4) is 0 Å². The van der Waals surface area contributed by atoms with E-state index >= 15 is 0 Å². The van der Waals surface area contributed by atoms with Crippen molar-refractivity contribution in [1.82, 2.24) is 9.27 Å². The molecule has 1 amide bonds. The minimum absolute atomic E-state index is 0.00928. The first-order chi connectivity index (χ1) is 8.59. The lowest BCUT2D eigenvalue weighted by molar-refractivity contribution is -0.138. The van der Waals surface area contributed by atoms with Gasteiger partial charge < -0.3 is 10.0 Å². The monoisotopic (exact) mass is 286 g/mol. The van der Waals surface area contributed by atoms with Crippen LogP contribution in [0, 0.1) is 6.92 Å². The van der Waals surface area contributed by atoms with E-state index < -0.39 is 5.97 Å². The molecule has 7 heteroatoms. The van der Waals surface area contributed by atoms with Gasteiger partial charge >= 0.3 is 5.97 Å². The van der Waals surface area contributed by atoms with Gasteiger partial charge in [0.2, 0.25) is 0 Å². The van der Waals surface area contributed by atoms with E-state index in [1.54, 1.807) is 29.0 Å². The molecule has 1 aromatic heterocycles. The van der Waals surface area contributed by atoms with E-state index in [2.05, 4.69) is 4.37 Å². The average Bonchev–Trinajstić information content (AvgIpc) is 2.74. The van der Waals surface area contributed by atoms with Gasteiger partial charge in [-0.3, -0.25) is 9.59 Å². The van der Waals surface area contributed by atoms with Crippen LogP contribution >= 0.6 is 23.3 Å². The molecule has 0 spiro atoms. The fourth-order valence-corrected chi connectivity index (χ4v) is 3.69. The second-order valence-corrected chi connectivity index (χ2v) is 5.92. The third kappa shape index (κ3) is 2.84. The zero-order valence-corrected chi connectivity index (χ0v) is 11.6. The van der Waals surface area contributed by atoms with Crippen molar-refractivity contribution in [2.24, 2.45) is 0 Å². The summed E-state index contributed by atoms with van der Waals surface area (Å²) >= 11 is 2.95. The second kappa shape index (κ2) is 5.71. The minimum atomic E-state index is -0.861. The highest BCUT2D eigenvalue weighted by Gasteiger charge is 2.30. The summed E-state index contributed by atoms with van der Waals surface area (Å²) in [6.07, 6.45) is 0.00928. The van der Waals surface area contributed by atoms with Gasteiger partial charge in [-0.1, -0.05) is 0 Å². The highest BCUT2D eigenvalue weighted by Crippen LogP contribution is 2.22. The molecule has 0 radical (unpaired) electrons. The van der Waals surface area contributed by atoms with Crippen LogP contribution in [-0.2, 0) is 4.79 Å². The molecule has 0 saturated carbocycles. The van der Waals surface area contributed by atoms with Gasteiger partial charge in [-0.15, -0.1) is 0 Å². The maximum absolute atomic E-state index is 12.4. The highest BCUT2D eigenvalue weighted by atomic mass is 32.2. The van der Waals surface area contributed by atoms with Crippen molar-refractivity contribution in [1.29, 1.82) is 0 Å². The number of carboxylic acids is 1. The number of aromatic nitrogens is 1. The Labute approximate surface area is 113 Å². The van der Waals surface area contributed by atoms with Gasteiger partial charge in [-0.05, 0) is 18.5 Å². The van der Waals surface area contributed by atoms with E-state index in [0.717, 1.165) is 11.4 Å². The normalized spacial score (nSPS) is 19.8. The Bertz CT molecular complexity index is 461. The molecule has 0 aliphatic carbocycles. The predicted molar refractivity (Wildman–Crippen MR) is 71.3 cm³/mol. The first kappa shape index (κ1) is 13.4. The molecule has 1 aliphatic rings. The second-order valence-electron chi connectivity index (χ2n) is 4.14. The van der Waals surface area contributed by atoms with Crippen molar-refractivity contribution in [2.45, 2.75) is 19.4 Å². The molecule has 2 heterocycles. The average molecular weight is 286 g/mol. The van der Waals surface area contributed by atoms with Gasteiger partial charge in [0.15, 0.2) is 0 Å². The van der Waals surface area contributed by atoms with Gasteiger partial charge in [0, 0.05) is 23.4 Å². The van der Waals surface area contributed by atoms with Crippen molar-refractivity contribution in [3.05, 3.63) is 16.6 Å². The summed E-state index contributed by atoms with van der Waals surface area (Å²) in [5.74, 6) is 0.598. The third-order valence-corrected chi connectivity index (χ3v) is 4.69. The maximum Gasteiger partial charge on any atom is 0.305 e. The van der Waals surface area contributed by atoms with Gasteiger partial charge in [0.05, 0.1) is 23.7 Å². The summed E-state index contributed by atoms with van der Waals surface area (Å²) in [6.45, 7) is 2.41. The van der Waals surface area contributed by atoms with E-state index in [9.17, 15) is 9.59 Å². The van der Waals surface area contributed by atoms with Crippen LogP contribution in [0.5, 0.6) is 0 Å². The number of carboxylic acid groups (broad SMARTS) is 1. The van der Waals surface area contributed by atoms with Crippen LogP contribution in [0.1, 0.15) is 22.5 Å². The van der Waals surface area contributed by atoms with Crippen LogP contribution in [0.4, 0.5) is 0 Å². The molecule has 1 saturated heterocycles. The summed E-state index contributed by atoms with van der Waals surface area (Å²) in [6, 6.07) is -0.215. The molecule has 1 atom stereocenters. The minimum Gasteiger partial charge on any atom is -0.481 e. The standard InChI is InChI=1S/C11H14N2O3S2/c1-7-9(6-18-12-7)11(16)13-2-3-17-5-8(13)4-10(14)15/h6,8H,2-5H2,1H3,(H,14,15). The van der Waals surface area contributed by atoms with E-state index in [4.69, 9.17) is 5.11 Å². The van der Waals surface area contributed by atoms with Gasteiger partial charge in [-0.25, -0.2) is 0 Å². The molecule has 1 fully saturated rings. The number of aryl methyl sites for hydroxylation is 1. The van der Waals surface area contributed by atoms with Crippen LogP contribution < -0.4 is 0 Å². The number of thioether (sulfide) groups is 1. The number of amides is 1. The quantitative estimate of drug-likeness (QED) is 0.911. The Morgan fingerprint density at radius 1 is 1.61 bits per heavy atom. The summed E-state index contributed by atoms with van der Waals surface area (Å²) in [5.41, 5.74) is 1.32. The largest absolute Gasteiger partial charge is 0.481 e. The molecule has 0 bridgehead atoms. The van der Waals surface area contributed by atoms with Crippen LogP contribution in [0.2, 0.25) is 0 Å². The van der Waals surface area contributed by atoms with Crippen molar-refractivity contribution in [3.63, 3.8) is 0 Å². The Balaban J connectivity index is 2.16. The zero-order valence-electron chi connectivity index (χ0n) is 9.96. The van der Waals surface area contributed by atoms with E-state index in [1.807, 2.05) is 0 Å². The Morgan fingerprint density at radius 2 is 2.39 bits per heavy atom. The number of carbonyl (C=O) groups excluding carboxylic acids is 1. The number of hydrogen-bond acceptors (Lipinski definition) is 5. The molecule has 1 unspecified atom stereocenters. The van der Waals surface area contributed by atoms with Gasteiger partial charge in [0.1, 0.15) is 0 Å². The lowest BCUT2D eigenvalue weighted by atomic mass is 10.1. The van der Waals surface area contributed by atoms with Crippen molar-refractivity contribution in [2.75, 3.05) is 18.1 Å². The topological polar surface area (TPSA) is 70.5 Å². The Hall–Kier alpha value is -1.08. The third-order valence-electron chi connectivity index (χ3n) is 2.88. The fraction of sp³-hybridized carbons (Fsp3) is 0.545. The van der Waals surface area contributed by atoms with Crippen molar-refractivity contribution < 1.29 is 14.7 Å². The SMILES string of the molecule is Cc1nscc1C(=O)N1CCSCC1CC(=O)O. The number of aliphatic carboxylic acids is 1. The lowest BCUT2D eigenvalue weighted by Crippen LogP contribution is -2.47. The van der Waals surface area contributed by atoms with E-state index in [0.29, 0.717) is 17.9 Å². The lowest BCUT2D eigenvalue weighted by Gasteiger charge is -2.34. The highest BCUT2D eigenvalue weighted by molar-refractivity contribution is 7.99. The molecular formula is C11H14N2O3S2. The first-order valence-corrected chi connectivity index (χ1v) is 7.60. The molecule has 5 nitrogen and oxygen atoms in total. The van der Waals surface area contributed by atoms with Crippen LogP contribution in [0.25, 0.3) is 0 Å². The van der Waals surface area contributed by atoms with Crippen molar-refractivity contribution >= 4 is 35.2 Å². The molecule has 1 aromatic rings. The molecule has 18 heavy (non-hydrogen) atoms. The van der Waals surface area contributed by atoms with Gasteiger partial charge in [-0.2, -0.15) is 16.1 Å². The summed E-state index contributed by atoms with van der Waals surface area (Å²) in [4.78, 5) is 24.9. The first-order valence-electron chi connectivity index (χ1n) is 5.61. The van der Waals surface area contributed by atoms with E-state index in [1.165, 1.54) is 11.5 Å². The molecule has 0 aromatic carbocycles. The smallest absolute Gasteiger partial charge is 0.305 e. The number of nitrogens with zero attached hydrogens (tertiary/aromatic N) is 2. The number of carbonyl (C=O) groups is 2. The molecule has 1 aliphatic heterocycles. The van der Waals surface area contributed by atoms with Crippen LogP contribution in [-0.4, -0.2) is 50.3 Å². The summed E-state index contributed by atoms with van der Waals surface area (Å²) < 4.78 is 4.09. The maximum atomic E-state index is 12.4. The number of hydrogen-bond donors (Lipinski definition) is 1.